The molecule has 0 aromatic heterocycles. The lowest BCUT2D eigenvalue weighted by atomic mass is 10.1. The van der Waals surface area contributed by atoms with Gasteiger partial charge >= 0.3 is 0 Å². The van der Waals surface area contributed by atoms with Gasteiger partial charge in [0.2, 0.25) is 10.0 Å². The van der Waals surface area contributed by atoms with Gasteiger partial charge in [0.15, 0.2) is 0 Å². The van der Waals surface area contributed by atoms with E-state index >= 15 is 0 Å². The molecule has 1 aromatic rings. The van der Waals surface area contributed by atoms with E-state index in [2.05, 4.69) is 0 Å². The number of rotatable bonds is 7. The molecule has 0 saturated carbocycles. The van der Waals surface area contributed by atoms with Crippen molar-refractivity contribution in [2.75, 3.05) is 27.3 Å². The molecule has 6 heteroatoms. The fourth-order valence-electron chi connectivity index (χ4n) is 2.02. The minimum absolute atomic E-state index is 0.308. The van der Waals surface area contributed by atoms with Crippen LogP contribution in [-0.4, -0.2) is 40.0 Å². The Balaban J connectivity index is 3.08. The third-order valence-corrected chi connectivity index (χ3v) is 5.57. The molecule has 0 N–H and O–H groups in total. The van der Waals surface area contributed by atoms with E-state index in [9.17, 15) is 8.42 Å². The molecule has 0 amide bonds. The third kappa shape index (κ3) is 3.95. The predicted octanol–water partition coefficient (Wildman–Crippen LogP) is 2.70. The first-order chi connectivity index (χ1) is 9.34. The maximum Gasteiger partial charge on any atom is 0.243 e. The number of methoxy groups -OCH3 is 1. The van der Waals surface area contributed by atoms with E-state index in [1.807, 2.05) is 13.0 Å². The largest absolute Gasteiger partial charge is 0.385 e. The zero-order valence-electron chi connectivity index (χ0n) is 12.4. The van der Waals surface area contributed by atoms with Crippen molar-refractivity contribution < 1.29 is 13.2 Å². The molecule has 0 radical (unpaired) electrons. The van der Waals surface area contributed by atoms with E-state index in [4.69, 9.17) is 16.3 Å². The van der Waals surface area contributed by atoms with Crippen molar-refractivity contribution in [1.82, 2.24) is 4.31 Å². The molecule has 1 aromatic carbocycles. The molecule has 114 valence electrons. The Morgan fingerprint density at radius 3 is 2.45 bits per heavy atom. The van der Waals surface area contributed by atoms with Gasteiger partial charge in [-0.1, -0.05) is 6.07 Å². The fourth-order valence-corrected chi connectivity index (χ4v) is 3.77. The maximum atomic E-state index is 12.6. The summed E-state index contributed by atoms with van der Waals surface area (Å²) in [6, 6.07) is 3.55. The Hall–Kier alpha value is -0.620. The lowest BCUT2D eigenvalue weighted by molar-refractivity contribution is 0.189. The van der Waals surface area contributed by atoms with Crippen LogP contribution in [0.4, 0.5) is 0 Å². The van der Waals surface area contributed by atoms with Gasteiger partial charge in [-0.05, 0) is 43.0 Å². The molecule has 0 aliphatic heterocycles. The van der Waals surface area contributed by atoms with Gasteiger partial charge in [-0.2, -0.15) is 0 Å². The summed E-state index contributed by atoms with van der Waals surface area (Å²) in [6.45, 7) is 4.71. The van der Waals surface area contributed by atoms with Crippen LogP contribution in [0.5, 0.6) is 0 Å². The van der Waals surface area contributed by atoms with Gasteiger partial charge in [0, 0.05) is 33.2 Å². The molecule has 0 aliphatic rings. The summed E-state index contributed by atoms with van der Waals surface area (Å²) >= 11 is 5.86. The van der Waals surface area contributed by atoms with E-state index in [1.165, 1.54) is 4.31 Å². The highest BCUT2D eigenvalue weighted by Gasteiger charge is 2.23. The van der Waals surface area contributed by atoms with Crippen molar-refractivity contribution in [2.45, 2.75) is 31.0 Å². The minimum atomic E-state index is -3.48. The molecule has 4 nitrogen and oxygen atoms in total. The van der Waals surface area contributed by atoms with Crippen LogP contribution < -0.4 is 0 Å². The van der Waals surface area contributed by atoms with Crippen LogP contribution in [0, 0.1) is 13.8 Å². The summed E-state index contributed by atoms with van der Waals surface area (Å²) in [6.07, 6.45) is 0.666. The first-order valence-electron chi connectivity index (χ1n) is 6.46. The van der Waals surface area contributed by atoms with Gasteiger partial charge in [-0.15, -0.1) is 11.6 Å². The zero-order chi connectivity index (χ0) is 15.3. The monoisotopic (exact) mass is 319 g/mol. The van der Waals surface area contributed by atoms with E-state index in [-0.39, 0.29) is 0 Å². The Morgan fingerprint density at radius 2 is 1.90 bits per heavy atom. The van der Waals surface area contributed by atoms with Crippen molar-refractivity contribution >= 4 is 21.6 Å². The van der Waals surface area contributed by atoms with E-state index in [0.717, 1.165) is 16.7 Å². The molecule has 0 saturated heterocycles. The second-order valence-corrected chi connectivity index (χ2v) is 7.13. The van der Waals surface area contributed by atoms with Crippen LogP contribution in [0.15, 0.2) is 17.0 Å². The fraction of sp³-hybridized carbons (Fsp3) is 0.571. The van der Waals surface area contributed by atoms with Gasteiger partial charge < -0.3 is 4.74 Å². The van der Waals surface area contributed by atoms with Gasteiger partial charge in [0.25, 0.3) is 0 Å². The van der Waals surface area contributed by atoms with Crippen LogP contribution in [0.2, 0.25) is 0 Å². The molecule has 0 atom stereocenters. The highest BCUT2D eigenvalue weighted by molar-refractivity contribution is 7.89. The highest BCUT2D eigenvalue weighted by Crippen LogP contribution is 2.24. The molecule has 0 aliphatic carbocycles. The second kappa shape index (κ2) is 7.41. The number of nitrogens with zero attached hydrogens (tertiary/aromatic N) is 1. The number of aryl methyl sites for hydroxylation is 2. The second-order valence-electron chi connectivity index (χ2n) is 4.85. The van der Waals surface area contributed by atoms with Gasteiger partial charge in [0.1, 0.15) is 0 Å². The number of alkyl halides is 1. The molecule has 0 heterocycles. The number of halogens is 1. The third-order valence-electron chi connectivity index (χ3n) is 3.29. The number of hydrogen-bond donors (Lipinski definition) is 0. The van der Waals surface area contributed by atoms with Crippen LogP contribution in [0.1, 0.15) is 23.1 Å². The smallest absolute Gasteiger partial charge is 0.243 e. The normalized spacial score (nSPS) is 12.1. The number of hydrogen-bond acceptors (Lipinski definition) is 3. The average molecular weight is 320 g/mol. The zero-order valence-corrected chi connectivity index (χ0v) is 14.0. The quantitative estimate of drug-likeness (QED) is 0.573. The Morgan fingerprint density at radius 1 is 1.25 bits per heavy atom. The molecule has 0 spiro atoms. The summed E-state index contributed by atoms with van der Waals surface area (Å²) in [5, 5.41) is 0. The number of benzene rings is 1. The van der Waals surface area contributed by atoms with Crippen molar-refractivity contribution in [2.24, 2.45) is 0 Å². The Bertz CT molecular complexity index is 558. The van der Waals surface area contributed by atoms with Crippen molar-refractivity contribution in [3.63, 3.8) is 0 Å². The summed E-state index contributed by atoms with van der Waals surface area (Å²) in [4.78, 5) is 0.332. The first-order valence-corrected chi connectivity index (χ1v) is 8.43. The lowest BCUT2D eigenvalue weighted by Crippen LogP contribution is -2.29. The maximum absolute atomic E-state index is 12.6. The van der Waals surface area contributed by atoms with Gasteiger partial charge in [-0.25, -0.2) is 12.7 Å². The topological polar surface area (TPSA) is 46.6 Å². The van der Waals surface area contributed by atoms with Crippen molar-refractivity contribution in [1.29, 1.82) is 0 Å². The van der Waals surface area contributed by atoms with E-state index in [1.54, 1.807) is 27.1 Å². The minimum Gasteiger partial charge on any atom is -0.385 e. The Labute approximate surface area is 126 Å². The van der Waals surface area contributed by atoms with Crippen LogP contribution in [0.3, 0.4) is 0 Å². The summed E-state index contributed by atoms with van der Waals surface area (Å²) in [5.41, 5.74) is 2.61. The van der Waals surface area contributed by atoms with Gasteiger partial charge in [0.05, 0.1) is 4.90 Å². The average Bonchev–Trinajstić information content (AvgIpc) is 2.38. The summed E-state index contributed by atoms with van der Waals surface area (Å²) in [5.74, 6) is 0.308. The summed E-state index contributed by atoms with van der Waals surface area (Å²) < 4.78 is 31.4. The molecule has 20 heavy (non-hydrogen) atoms. The standard InChI is InChI=1S/C14H22ClNO3S/c1-11-8-12(2)14(9-13(11)10-15)20(17,18)16(3)6-5-7-19-4/h8-9H,5-7,10H2,1-4H3. The molecule has 0 unspecified atom stereocenters. The molecular formula is C14H22ClNO3S. The van der Waals surface area contributed by atoms with E-state index < -0.39 is 10.0 Å². The van der Waals surface area contributed by atoms with Gasteiger partial charge in [-0.3, -0.25) is 0 Å². The van der Waals surface area contributed by atoms with Crippen LogP contribution in [0.25, 0.3) is 0 Å². The highest BCUT2D eigenvalue weighted by atomic mass is 35.5. The number of sulfonamides is 1. The lowest BCUT2D eigenvalue weighted by Gasteiger charge is -2.19. The van der Waals surface area contributed by atoms with Crippen LogP contribution >= 0.6 is 11.6 Å². The van der Waals surface area contributed by atoms with E-state index in [0.29, 0.717) is 30.3 Å². The predicted molar refractivity (Wildman–Crippen MR) is 81.8 cm³/mol. The molecular weight excluding hydrogens is 298 g/mol. The summed E-state index contributed by atoms with van der Waals surface area (Å²) in [7, 11) is -0.290. The molecule has 1 rings (SSSR count). The SMILES string of the molecule is COCCCN(C)S(=O)(=O)c1cc(CCl)c(C)cc1C. The Kier molecular flexibility index (Phi) is 6.45. The number of ether oxygens (including phenoxy) is 1. The first kappa shape index (κ1) is 17.4. The van der Waals surface area contributed by atoms with Crippen molar-refractivity contribution in [3.8, 4) is 0 Å². The molecule has 0 fully saturated rings. The molecule has 0 bridgehead atoms. The van der Waals surface area contributed by atoms with Crippen LogP contribution in [-0.2, 0) is 20.6 Å². The van der Waals surface area contributed by atoms with Crippen molar-refractivity contribution in [3.05, 3.63) is 28.8 Å².